The van der Waals surface area contributed by atoms with Crippen LogP contribution in [0.25, 0.3) is 0 Å². The largest absolute Gasteiger partial charge is 0.618 e. The van der Waals surface area contributed by atoms with Crippen LogP contribution < -0.4 is 4.73 Å². The standard InChI is InChI=1S/C7H5BrN2.C6H6BrNO/c1-5-2-3-6(8)7(4-9)10-5;1-5-2-3-6(7)4-8(5)9/h2-3H,1H3;2-4H,1H3. The number of nitrogens with zero attached hydrogens (tertiary/aromatic N) is 3. The van der Waals surface area contributed by atoms with E-state index in [1.807, 2.05) is 31.2 Å². The second kappa shape index (κ2) is 7.22. The lowest BCUT2D eigenvalue weighted by atomic mass is 10.3. The van der Waals surface area contributed by atoms with E-state index in [-0.39, 0.29) is 0 Å². The molecule has 0 spiro atoms. The van der Waals surface area contributed by atoms with Crippen molar-refractivity contribution >= 4 is 31.9 Å². The highest BCUT2D eigenvalue weighted by Gasteiger charge is 1.98. The van der Waals surface area contributed by atoms with Crippen LogP contribution in [0.1, 0.15) is 17.1 Å². The van der Waals surface area contributed by atoms with E-state index in [2.05, 4.69) is 36.8 Å². The summed E-state index contributed by atoms with van der Waals surface area (Å²) in [5.41, 5.74) is 2.01. The van der Waals surface area contributed by atoms with Crippen LogP contribution >= 0.6 is 31.9 Å². The molecule has 2 aromatic heterocycles. The molecular weight excluding hydrogens is 374 g/mol. The Bertz CT molecular complexity index is 624. The lowest BCUT2D eigenvalue weighted by Gasteiger charge is -1.97. The average Bonchev–Trinajstić information content (AvgIpc) is 2.38. The number of aryl methyl sites for hydroxylation is 2. The molecular formula is C13H11Br2N3O. The Kier molecular flexibility index (Phi) is 5.93. The van der Waals surface area contributed by atoms with Crippen molar-refractivity contribution in [2.45, 2.75) is 13.8 Å². The number of nitriles is 1. The predicted molar refractivity (Wildman–Crippen MR) is 79.2 cm³/mol. The maximum atomic E-state index is 10.7. The number of rotatable bonds is 0. The quantitative estimate of drug-likeness (QED) is 0.516. The summed E-state index contributed by atoms with van der Waals surface area (Å²) in [6, 6.07) is 9.25. The maximum Gasteiger partial charge on any atom is 0.194 e. The molecule has 0 N–H and O–H groups in total. The predicted octanol–water partition coefficient (Wildman–Crippen LogP) is 3.42. The normalized spacial score (nSPS) is 9.21. The Labute approximate surface area is 128 Å². The fraction of sp³-hybridized carbons (Fsp3) is 0.154. The van der Waals surface area contributed by atoms with E-state index in [0.717, 1.165) is 19.4 Å². The van der Waals surface area contributed by atoms with Gasteiger partial charge in [0, 0.05) is 18.7 Å². The number of hydrogen-bond donors (Lipinski definition) is 0. The molecule has 0 saturated heterocycles. The molecule has 6 heteroatoms. The molecule has 0 bridgehead atoms. The summed E-state index contributed by atoms with van der Waals surface area (Å²) in [5.74, 6) is 0. The summed E-state index contributed by atoms with van der Waals surface area (Å²) in [6.45, 7) is 3.62. The minimum Gasteiger partial charge on any atom is -0.618 e. The fourth-order valence-electron chi connectivity index (χ4n) is 1.15. The molecule has 98 valence electrons. The molecule has 0 aliphatic rings. The molecule has 4 nitrogen and oxygen atoms in total. The van der Waals surface area contributed by atoms with Gasteiger partial charge in [-0.1, -0.05) is 0 Å². The van der Waals surface area contributed by atoms with Crippen molar-refractivity contribution in [3.63, 3.8) is 0 Å². The van der Waals surface area contributed by atoms with Gasteiger partial charge in [0.2, 0.25) is 0 Å². The van der Waals surface area contributed by atoms with Gasteiger partial charge in [-0.15, -0.1) is 0 Å². The van der Waals surface area contributed by atoms with Crippen LogP contribution in [0.5, 0.6) is 0 Å². The third kappa shape index (κ3) is 4.97. The zero-order valence-electron chi connectivity index (χ0n) is 10.4. The third-order valence-electron chi connectivity index (χ3n) is 2.16. The zero-order valence-corrected chi connectivity index (χ0v) is 13.6. The molecule has 0 aromatic carbocycles. The monoisotopic (exact) mass is 383 g/mol. The summed E-state index contributed by atoms with van der Waals surface area (Å²) in [7, 11) is 0. The Balaban J connectivity index is 0.000000191. The van der Waals surface area contributed by atoms with Gasteiger partial charge in [0.05, 0.1) is 8.95 Å². The van der Waals surface area contributed by atoms with Crippen molar-refractivity contribution in [2.24, 2.45) is 0 Å². The fourth-order valence-corrected chi connectivity index (χ4v) is 1.78. The molecule has 2 rings (SSSR count). The summed E-state index contributed by atoms with van der Waals surface area (Å²) in [6.07, 6.45) is 1.48. The van der Waals surface area contributed by atoms with Crippen LogP contribution in [0.2, 0.25) is 0 Å². The molecule has 0 atom stereocenters. The lowest BCUT2D eigenvalue weighted by molar-refractivity contribution is -0.612. The second-order valence-corrected chi connectivity index (χ2v) is 5.48. The summed E-state index contributed by atoms with van der Waals surface area (Å²) < 4.78 is 2.38. The zero-order chi connectivity index (χ0) is 14.4. The summed E-state index contributed by atoms with van der Waals surface area (Å²) >= 11 is 6.38. The van der Waals surface area contributed by atoms with Gasteiger partial charge in [-0.2, -0.15) is 9.99 Å². The number of pyridine rings is 2. The molecule has 0 unspecified atom stereocenters. The molecule has 2 aromatic rings. The van der Waals surface area contributed by atoms with E-state index in [1.54, 1.807) is 13.0 Å². The van der Waals surface area contributed by atoms with Crippen molar-refractivity contribution in [1.29, 1.82) is 5.26 Å². The highest BCUT2D eigenvalue weighted by molar-refractivity contribution is 9.10. The first-order valence-corrected chi connectivity index (χ1v) is 6.91. The molecule has 0 fully saturated rings. The van der Waals surface area contributed by atoms with Gasteiger partial charge >= 0.3 is 0 Å². The minimum atomic E-state index is 0.444. The Morgan fingerprint density at radius 3 is 2.37 bits per heavy atom. The van der Waals surface area contributed by atoms with Gasteiger partial charge in [0.15, 0.2) is 17.6 Å². The topological polar surface area (TPSA) is 63.6 Å². The van der Waals surface area contributed by atoms with Crippen LogP contribution in [0.3, 0.4) is 0 Å². The molecule has 0 saturated carbocycles. The van der Waals surface area contributed by atoms with Crippen LogP contribution in [0.15, 0.2) is 39.4 Å². The van der Waals surface area contributed by atoms with Gasteiger partial charge in [0.25, 0.3) is 0 Å². The van der Waals surface area contributed by atoms with Crippen LogP contribution in [0.4, 0.5) is 0 Å². The highest BCUT2D eigenvalue weighted by atomic mass is 79.9. The van der Waals surface area contributed by atoms with E-state index in [0.29, 0.717) is 11.4 Å². The highest BCUT2D eigenvalue weighted by Crippen LogP contribution is 2.13. The molecule has 2 heterocycles. The maximum absolute atomic E-state index is 10.7. The van der Waals surface area contributed by atoms with Crippen molar-refractivity contribution < 1.29 is 4.73 Å². The van der Waals surface area contributed by atoms with Crippen molar-refractivity contribution in [3.8, 4) is 6.07 Å². The van der Waals surface area contributed by atoms with Gasteiger partial charge < -0.3 is 5.21 Å². The van der Waals surface area contributed by atoms with E-state index in [4.69, 9.17) is 5.26 Å². The van der Waals surface area contributed by atoms with E-state index < -0.39 is 0 Å². The smallest absolute Gasteiger partial charge is 0.194 e. The summed E-state index contributed by atoms with van der Waals surface area (Å²) in [4.78, 5) is 3.98. The number of halogens is 2. The van der Waals surface area contributed by atoms with Crippen molar-refractivity contribution in [1.82, 2.24) is 4.98 Å². The molecule has 0 aliphatic carbocycles. The Hall–Kier alpha value is -1.45. The minimum absolute atomic E-state index is 0.444. The number of hydrogen-bond acceptors (Lipinski definition) is 3. The molecule has 19 heavy (non-hydrogen) atoms. The second-order valence-electron chi connectivity index (χ2n) is 3.71. The first-order chi connectivity index (χ1) is 8.93. The van der Waals surface area contributed by atoms with Crippen LogP contribution in [-0.4, -0.2) is 4.98 Å². The lowest BCUT2D eigenvalue weighted by Crippen LogP contribution is -2.28. The van der Waals surface area contributed by atoms with Gasteiger partial charge in [-0.05, 0) is 57.0 Å². The van der Waals surface area contributed by atoms with Crippen molar-refractivity contribution in [2.75, 3.05) is 0 Å². The Morgan fingerprint density at radius 1 is 1.21 bits per heavy atom. The van der Waals surface area contributed by atoms with Crippen LogP contribution in [0, 0.1) is 30.4 Å². The first kappa shape index (κ1) is 15.6. The van der Waals surface area contributed by atoms with Gasteiger partial charge in [-0.3, -0.25) is 0 Å². The first-order valence-electron chi connectivity index (χ1n) is 5.32. The van der Waals surface area contributed by atoms with E-state index in [9.17, 15) is 5.21 Å². The van der Waals surface area contributed by atoms with Crippen LogP contribution in [-0.2, 0) is 0 Å². The van der Waals surface area contributed by atoms with E-state index in [1.165, 1.54) is 6.20 Å². The molecule has 0 radical (unpaired) electrons. The van der Waals surface area contributed by atoms with Crippen molar-refractivity contribution in [3.05, 3.63) is 61.7 Å². The average molecular weight is 385 g/mol. The Morgan fingerprint density at radius 2 is 1.89 bits per heavy atom. The molecule has 0 amide bonds. The summed E-state index contributed by atoms with van der Waals surface area (Å²) in [5, 5.41) is 19.2. The number of aromatic nitrogens is 2. The van der Waals surface area contributed by atoms with Gasteiger partial charge in [-0.25, -0.2) is 4.98 Å². The molecule has 0 aliphatic heterocycles. The van der Waals surface area contributed by atoms with E-state index >= 15 is 0 Å². The SMILES string of the molecule is Cc1ccc(Br)c(C#N)n1.Cc1ccc(Br)c[n+]1[O-]. The van der Waals surface area contributed by atoms with Gasteiger partial charge in [0.1, 0.15) is 6.07 Å². The third-order valence-corrected chi connectivity index (χ3v) is 3.27.